The summed E-state index contributed by atoms with van der Waals surface area (Å²) in [6.45, 7) is 7.12. The maximum atomic E-state index is 5.70. The topological polar surface area (TPSA) is 9.23 Å². The summed E-state index contributed by atoms with van der Waals surface area (Å²) in [7, 11) is 2.76. The molecule has 1 aromatic rings. The Balaban J connectivity index is 3.18. The first-order valence-corrected chi connectivity index (χ1v) is 5.84. The van der Waals surface area contributed by atoms with Crippen molar-refractivity contribution < 1.29 is 4.74 Å². The quantitative estimate of drug-likeness (QED) is 0.694. The fourth-order valence-corrected chi connectivity index (χ4v) is 2.04. The van der Waals surface area contributed by atoms with Crippen molar-refractivity contribution in [2.45, 2.75) is 33.6 Å². The van der Waals surface area contributed by atoms with Crippen molar-refractivity contribution in [3.05, 3.63) is 23.3 Å². The van der Waals surface area contributed by atoms with E-state index in [9.17, 15) is 0 Å². The minimum Gasteiger partial charge on any atom is -0.493 e. The molecular weight excluding hydrogens is 191 g/mol. The molecule has 1 atom stereocenters. The van der Waals surface area contributed by atoms with Gasteiger partial charge in [0, 0.05) is 0 Å². The van der Waals surface area contributed by atoms with Gasteiger partial charge in [-0.15, -0.1) is 9.24 Å². The molecule has 0 N–H and O–H groups in total. The number of rotatable bonds is 4. The minimum atomic E-state index is 0.746. The van der Waals surface area contributed by atoms with Crippen molar-refractivity contribution in [3.63, 3.8) is 0 Å². The Labute approximate surface area is 89.1 Å². The molecule has 0 amide bonds. The van der Waals surface area contributed by atoms with Crippen LogP contribution < -0.4 is 10.0 Å². The van der Waals surface area contributed by atoms with E-state index in [0.717, 1.165) is 25.2 Å². The second-order valence-corrected chi connectivity index (χ2v) is 3.98. The zero-order chi connectivity index (χ0) is 10.6. The highest BCUT2D eigenvalue weighted by atomic mass is 31.0. The van der Waals surface area contributed by atoms with E-state index in [2.05, 4.69) is 35.2 Å². The third-order valence-corrected chi connectivity index (χ3v) is 2.65. The largest absolute Gasteiger partial charge is 0.493 e. The molecule has 1 aromatic carbocycles. The lowest BCUT2D eigenvalue weighted by atomic mass is 10.0. The van der Waals surface area contributed by atoms with Gasteiger partial charge in [-0.3, -0.25) is 0 Å². The van der Waals surface area contributed by atoms with Crippen LogP contribution in [0.4, 0.5) is 0 Å². The summed E-state index contributed by atoms with van der Waals surface area (Å²) in [5.41, 5.74) is 2.63. The first kappa shape index (κ1) is 11.5. The molecular formula is C12H19OP. The van der Waals surface area contributed by atoms with E-state index in [1.807, 2.05) is 6.92 Å². The normalized spacial score (nSPS) is 10.3. The van der Waals surface area contributed by atoms with Gasteiger partial charge >= 0.3 is 0 Å². The van der Waals surface area contributed by atoms with Gasteiger partial charge in [-0.25, -0.2) is 0 Å². The van der Waals surface area contributed by atoms with E-state index in [0.29, 0.717) is 0 Å². The number of ether oxygens (including phenoxy) is 1. The Morgan fingerprint density at radius 2 is 1.57 bits per heavy atom. The molecule has 1 rings (SSSR count). The summed E-state index contributed by atoms with van der Waals surface area (Å²) in [6, 6.07) is 4.38. The van der Waals surface area contributed by atoms with Crippen LogP contribution in [0.3, 0.4) is 0 Å². The van der Waals surface area contributed by atoms with E-state index in [1.165, 1.54) is 16.4 Å². The molecule has 0 radical (unpaired) electrons. The molecule has 1 nitrogen and oxygen atoms in total. The number of aryl methyl sites for hydroxylation is 2. The van der Waals surface area contributed by atoms with Crippen LogP contribution in [0.25, 0.3) is 0 Å². The first-order valence-electron chi connectivity index (χ1n) is 5.26. The highest BCUT2D eigenvalue weighted by Crippen LogP contribution is 2.25. The van der Waals surface area contributed by atoms with Crippen LogP contribution in [0.2, 0.25) is 0 Å². The van der Waals surface area contributed by atoms with Gasteiger partial charge in [0.2, 0.25) is 0 Å². The molecule has 2 heteroatoms. The number of hydrogen-bond donors (Lipinski definition) is 0. The fraction of sp³-hybridized carbons (Fsp3) is 0.500. The second kappa shape index (κ2) is 5.36. The van der Waals surface area contributed by atoms with Crippen molar-refractivity contribution >= 4 is 14.5 Å². The zero-order valence-corrected chi connectivity index (χ0v) is 10.4. The van der Waals surface area contributed by atoms with E-state index >= 15 is 0 Å². The highest BCUT2D eigenvalue weighted by molar-refractivity contribution is 7.27. The van der Waals surface area contributed by atoms with E-state index in [-0.39, 0.29) is 0 Å². The van der Waals surface area contributed by atoms with Crippen LogP contribution in [0.1, 0.15) is 31.9 Å². The van der Waals surface area contributed by atoms with Crippen LogP contribution in [-0.4, -0.2) is 6.61 Å². The van der Waals surface area contributed by atoms with E-state index in [1.54, 1.807) is 0 Å². The average Bonchev–Trinajstić information content (AvgIpc) is 2.20. The maximum Gasteiger partial charge on any atom is 0.125 e. The predicted molar refractivity (Wildman–Crippen MR) is 65.7 cm³/mol. The smallest absolute Gasteiger partial charge is 0.125 e. The lowest BCUT2D eigenvalue weighted by Crippen LogP contribution is -2.04. The summed E-state index contributed by atoms with van der Waals surface area (Å²) in [5.74, 6) is 1.10. The van der Waals surface area contributed by atoms with Crippen LogP contribution in [0.15, 0.2) is 12.1 Å². The Bertz CT molecular complexity index is 282. The standard InChI is InChI=1S/C12H19OP/c1-4-9-7-11(14)8-10(5-2)12(9)13-6-3/h7-8H,4-6,14H2,1-3H3. The van der Waals surface area contributed by atoms with Crippen molar-refractivity contribution in [1.82, 2.24) is 0 Å². The second-order valence-electron chi connectivity index (χ2n) is 3.31. The summed E-state index contributed by atoms with van der Waals surface area (Å²) in [5, 5.41) is 1.25. The summed E-state index contributed by atoms with van der Waals surface area (Å²) in [6.07, 6.45) is 2.06. The molecule has 0 aromatic heterocycles. The summed E-state index contributed by atoms with van der Waals surface area (Å²) < 4.78 is 5.70. The molecule has 0 fully saturated rings. The SMILES string of the molecule is CCOc1c(CC)cc(P)cc1CC. The number of benzene rings is 1. The Kier molecular flexibility index (Phi) is 4.41. The molecule has 78 valence electrons. The van der Waals surface area contributed by atoms with Crippen molar-refractivity contribution in [3.8, 4) is 5.75 Å². The highest BCUT2D eigenvalue weighted by Gasteiger charge is 2.07. The molecule has 14 heavy (non-hydrogen) atoms. The predicted octanol–water partition coefficient (Wildman–Crippen LogP) is 2.71. The van der Waals surface area contributed by atoms with Gasteiger partial charge in [-0.2, -0.15) is 0 Å². The zero-order valence-electron chi connectivity index (χ0n) is 9.26. The average molecular weight is 210 g/mol. The van der Waals surface area contributed by atoms with E-state index in [4.69, 9.17) is 4.74 Å². The van der Waals surface area contributed by atoms with Gasteiger partial charge in [-0.1, -0.05) is 13.8 Å². The van der Waals surface area contributed by atoms with Gasteiger partial charge in [-0.05, 0) is 48.3 Å². The third-order valence-electron chi connectivity index (χ3n) is 2.32. The van der Waals surface area contributed by atoms with E-state index < -0.39 is 0 Å². The Hall–Kier alpha value is -0.550. The van der Waals surface area contributed by atoms with Gasteiger partial charge in [0.25, 0.3) is 0 Å². The number of hydrogen-bond acceptors (Lipinski definition) is 1. The fourth-order valence-electron chi connectivity index (χ4n) is 1.64. The van der Waals surface area contributed by atoms with Gasteiger partial charge < -0.3 is 4.74 Å². The monoisotopic (exact) mass is 210 g/mol. The molecule has 0 saturated heterocycles. The Morgan fingerprint density at radius 3 is 1.93 bits per heavy atom. The van der Waals surface area contributed by atoms with Gasteiger partial charge in [0.15, 0.2) is 0 Å². The summed E-state index contributed by atoms with van der Waals surface area (Å²) in [4.78, 5) is 0. The first-order chi connectivity index (χ1) is 6.72. The molecule has 0 spiro atoms. The summed E-state index contributed by atoms with van der Waals surface area (Å²) >= 11 is 0. The molecule has 0 aliphatic heterocycles. The third kappa shape index (κ3) is 2.48. The molecule has 1 unspecified atom stereocenters. The van der Waals surface area contributed by atoms with Crippen LogP contribution in [0.5, 0.6) is 5.75 Å². The van der Waals surface area contributed by atoms with Crippen LogP contribution in [-0.2, 0) is 12.8 Å². The van der Waals surface area contributed by atoms with Crippen molar-refractivity contribution in [2.75, 3.05) is 6.61 Å². The van der Waals surface area contributed by atoms with Gasteiger partial charge in [0.05, 0.1) is 6.61 Å². The van der Waals surface area contributed by atoms with Crippen molar-refractivity contribution in [1.29, 1.82) is 0 Å². The maximum absolute atomic E-state index is 5.70. The molecule has 0 aliphatic rings. The molecule has 0 saturated carbocycles. The van der Waals surface area contributed by atoms with Crippen LogP contribution >= 0.6 is 9.24 Å². The molecule has 0 heterocycles. The Morgan fingerprint density at radius 1 is 1.07 bits per heavy atom. The van der Waals surface area contributed by atoms with Crippen LogP contribution in [0, 0.1) is 0 Å². The van der Waals surface area contributed by atoms with Crippen molar-refractivity contribution in [2.24, 2.45) is 0 Å². The molecule has 0 aliphatic carbocycles. The molecule has 0 bridgehead atoms. The van der Waals surface area contributed by atoms with Gasteiger partial charge in [0.1, 0.15) is 5.75 Å². The lowest BCUT2D eigenvalue weighted by Gasteiger charge is -2.14. The minimum absolute atomic E-state index is 0.746. The lowest BCUT2D eigenvalue weighted by molar-refractivity contribution is 0.333.